The highest BCUT2D eigenvalue weighted by Crippen LogP contribution is 2.45. The van der Waals surface area contributed by atoms with Crippen molar-refractivity contribution in [2.24, 2.45) is 0 Å². The SMILES string of the molecule is COc1ccccc1C1(C(=O)N2CCCC(N3CCNC3=O)C2)CCCCC1. The summed E-state index contributed by atoms with van der Waals surface area (Å²) in [5.74, 6) is 1.03. The Morgan fingerprint density at radius 1 is 1.14 bits per heavy atom. The van der Waals surface area contributed by atoms with E-state index in [0.717, 1.165) is 62.9 Å². The van der Waals surface area contributed by atoms with Crippen molar-refractivity contribution in [3.8, 4) is 5.75 Å². The van der Waals surface area contributed by atoms with Gasteiger partial charge < -0.3 is 19.9 Å². The zero-order valence-electron chi connectivity index (χ0n) is 16.8. The number of likely N-dealkylation sites (tertiary alicyclic amines) is 1. The fourth-order valence-corrected chi connectivity index (χ4v) is 5.32. The number of piperidine rings is 1. The summed E-state index contributed by atoms with van der Waals surface area (Å²) < 4.78 is 5.65. The third kappa shape index (κ3) is 3.33. The van der Waals surface area contributed by atoms with E-state index >= 15 is 0 Å². The minimum atomic E-state index is -0.500. The number of ether oxygens (including phenoxy) is 1. The lowest BCUT2D eigenvalue weighted by molar-refractivity contribution is -0.141. The molecule has 1 unspecified atom stereocenters. The van der Waals surface area contributed by atoms with Crippen LogP contribution in [0.3, 0.4) is 0 Å². The first-order chi connectivity index (χ1) is 13.7. The van der Waals surface area contributed by atoms with Gasteiger partial charge in [-0.3, -0.25) is 4.79 Å². The monoisotopic (exact) mass is 385 g/mol. The number of carbonyl (C=O) groups excluding carboxylic acids is 2. The van der Waals surface area contributed by atoms with Crippen molar-refractivity contribution in [3.05, 3.63) is 29.8 Å². The molecular formula is C22H31N3O3. The van der Waals surface area contributed by atoms with Crippen molar-refractivity contribution in [1.82, 2.24) is 15.1 Å². The summed E-state index contributed by atoms with van der Waals surface area (Å²) in [6.45, 7) is 2.86. The minimum absolute atomic E-state index is 0.0106. The number of methoxy groups -OCH3 is 1. The van der Waals surface area contributed by atoms with Gasteiger partial charge in [0.25, 0.3) is 0 Å². The molecule has 3 aliphatic rings. The number of benzene rings is 1. The van der Waals surface area contributed by atoms with Gasteiger partial charge in [0.2, 0.25) is 5.91 Å². The second-order valence-electron chi connectivity index (χ2n) is 8.32. The molecule has 3 amide bonds. The van der Waals surface area contributed by atoms with Crippen LogP contribution < -0.4 is 10.1 Å². The van der Waals surface area contributed by atoms with Crippen molar-refractivity contribution in [2.45, 2.75) is 56.4 Å². The van der Waals surface area contributed by atoms with E-state index in [-0.39, 0.29) is 18.0 Å². The van der Waals surface area contributed by atoms with Crippen LogP contribution in [0.15, 0.2) is 24.3 Å². The van der Waals surface area contributed by atoms with Gasteiger partial charge in [-0.15, -0.1) is 0 Å². The van der Waals surface area contributed by atoms with Gasteiger partial charge in [-0.2, -0.15) is 0 Å². The van der Waals surface area contributed by atoms with Crippen molar-refractivity contribution >= 4 is 11.9 Å². The maximum absolute atomic E-state index is 13.9. The molecule has 1 saturated carbocycles. The lowest BCUT2D eigenvalue weighted by atomic mass is 9.68. The third-order valence-corrected chi connectivity index (χ3v) is 6.75. The molecule has 2 heterocycles. The van der Waals surface area contributed by atoms with Crippen LogP contribution >= 0.6 is 0 Å². The van der Waals surface area contributed by atoms with Crippen molar-refractivity contribution < 1.29 is 14.3 Å². The van der Waals surface area contributed by atoms with Gasteiger partial charge in [0.05, 0.1) is 18.6 Å². The summed E-state index contributed by atoms with van der Waals surface area (Å²) in [5, 5.41) is 2.89. The molecule has 0 radical (unpaired) electrons. The van der Waals surface area contributed by atoms with Gasteiger partial charge in [-0.1, -0.05) is 37.5 Å². The molecule has 0 aromatic heterocycles. The second kappa shape index (κ2) is 8.02. The van der Waals surface area contributed by atoms with Crippen molar-refractivity contribution in [3.63, 3.8) is 0 Å². The van der Waals surface area contributed by atoms with E-state index in [4.69, 9.17) is 4.74 Å². The number of rotatable bonds is 4. The first-order valence-corrected chi connectivity index (χ1v) is 10.6. The van der Waals surface area contributed by atoms with Crippen LogP contribution in [0.25, 0.3) is 0 Å². The molecule has 4 rings (SSSR count). The van der Waals surface area contributed by atoms with Gasteiger partial charge in [0, 0.05) is 31.7 Å². The lowest BCUT2D eigenvalue weighted by Crippen LogP contribution is -2.55. The molecule has 1 atom stereocenters. The summed E-state index contributed by atoms with van der Waals surface area (Å²) in [4.78, 5) is 30.0. The Morgan fingerprint density at radius 2 is 1.93 bits per heavy atom. The van der Waals surface area contributed by atoms with E-state index in [9.17, 15) is 9.59 Å². The van der Waals surface area contributed by atoms with Crippen molar-refractivity contribution in [1.29, 1.82) is 0 Å². The summed E-state index contributed by atoms with van der Waals surface area (Å²) in [6.07, 6.45) is 6.97. The van der Waals surface area contributed by atoms with Gasteiger partial charge in [0.1, 0.15) is 5.75 Å². The van der Waals surface area contributed by atoms with Crippen LogP contribution in [-0.2, 0) is 10.2 Å². The number of urea groups is 1. The number of hydrogen-bond acceptors (Lipinski definition) is 3. The summed E-state index contributed by atoms with van der Waals surface area (Å²) in [7, 11) is 1.68. The lowest BCUT2D eigenvalue weighted by Gasteiger charge is -2.44. The Morgan fingerprint density at radius 3 is 2.64 bits per heavy atom. The highest BCUT2D eigenvalue weighted by molar-refractivity contribution is 5.89. The maximum atomic E-state index is 13.9. The Hall–Kier alpha value is -2.24. The molecule has 6 nitrogen and oxygen atoms in total. The van der Waals surface area contributed by atoms with E-state index < -0.39 is 5.41 Å². The first-order valence-electron chi connectivity index (χ1n) is 10.6. The van der Waals surface area contributed by atoms with Crippen LogP contribution in [0.2, 0.25) is 0 Å². The van der Waals surface area contributed by atoms with Gasteiger partial charge >= 0.3 is 6.03 Å². The molecule has 0 spiro atoms. The number of para-hydroxylation sites is 1. The predicted octanol–water partition coefficient (Wildman–Crippen LogP) is 2.91. The van der Waals surface area contributed by atoms with Crippen molar-refractivity contribution in [2.75, 3.05) is 33.3 Å². The molecule has 1 aromatic rings. The van der Waals surface area contributed by atoms with Crippen LogP contribution in [0.1, 0.15) is 50.5 Å². The van der Waals surface area contributed by atoms with E-state index in [1.165, 1.54) is 6.42 Å². The maximum Gasteiger partial charge on any atom is 0.317 e. The third-order valence-electron chi connectivity index (χ3n) is 6.75. The van der Waals surface area contributed by atoms with Crippen LogP contribution in [0.5, 0.6) is 5.75 Å². The smallest absolute Gasteiger partial charge is 0.317 e. The van der Waals surface area contributed by atoms with E-state index in [1.54, 1.807) is 7.11 Å². The van der Waals surface area contributed by atoms with E-state index in [2.05, 4.69) is 11.4 Å². The Kier molecular flexibility index (Phi) is 5.47. The number of carbonyl (C=O) groups is 2. The van der Waals surface area contributed by atoms with Crippen LogP contribution in [-0.4, -0.2) is 61.1 Å². The summed E-state index contributed by atoms with van der Waals surface area (Å²) >= 11 is 0. The molecule has 3 fully saturated rings. The quantitative estimate of drug-likeness (QED) is 0.867. The molecule has 2 aliphatic heterocycles. The molecule has 1 aromatic carbocycles. The standard InChI is InChI=1S/C22H31N3O3/c1-28-19-10-4-3-9-18(19)22(11-5-2-6-12-22)20(26)24-14-7-8-17(16-24)25-15-13-23-21(25)27/h3-4,9-10,17H,2,5-8,11-16H2,1H3,(H,23,27). The Bertz CT molecular complexity index is 729. The molecular weight excluding hydrogens is 354 g/mol. The number of nitrogens with one attached hydrogen (secondary N) is 1. The number of amides is 3. The van der Waals surface area contributed by atoms with E-state index in [0.29, 0.717) is 13.1 Å². The first kappa shape index (κ1) is 19.1. The fraction of sp³-hybridized carbons (Fsp3) is 0.636. The van der Waals surface area contributed by atoms with Gasteiger partial charge in [-0.25, -0.2) is 4.79 Å². The highest BCUT2D eigenvalue weighted by Gasteiger charge is 2.46. The molecule has 2 saturated heterocycles. The van der Waals surface area contributed by atoms with Gasteiger partial charge in [-0.05, 0) is 31.7 Å². The molecule has 0 bridgehead atoms. The molecule has 1 aliphatic carbocycles. The fourth-order valence-electron chi connectivity index (χ4n) is 5.32. The number of hydrogen-bond donors (Lipinski definition) is 1. The van der Waals surface area contributed by atoms with Crippen LogP contribution in [0, 0.1) is 0 Å². The predicted molar refractivity (Wildman–Crippen MR) is 107 cm³/mol. The molecule has 28 heavy (non-hydrogen) atoms. The van der Waals surface area contributed by atoms with E-state index in [1.807, 2.05) is 28.0 Å². The zero-order chi connectivity index (χ0) is 19.6. The van der Waals surface area contributed by atoms with Crippen LogP contribution in [0.4, 0.5) is 4.79 Å². The molecule has 6 heteroatoms. The molecule has 152 valence electrons. The average molecular weight is 386 g/mol. The van der Waals surface area contributed by atoms with Gasteiger partial charge in [0.15, 0.2) is 0 Å². The Balaban J connectivity index is 1.61. The second-order valence-corrected chi connectivity index (χ2v) is 8.32. The topological polar surface area (TPSA) is 61.9 Å². The summed E-state index contributed by atoms with van der Waals surface area (Å²) in [5.41, 5.74) is 0.531. The zero-order valence-corrected chi connectivity index (χ0v) is 16.8. The normalized spacial score (nSPS) is 24.8. The number of nitrogens with zero attached hydrogens (tertiary/aromatic N) is 2. The molecule has 1 N–H and O–H groups in total. The highest BCUT2D eigenvalue weighted by atomic mass is 16.5. The largest absolute Gasteiger partial charge is 0.496 e. The average Bonchev–Trinajstić information content (AvgIpc) is 3.19. The Labute approximate surface area is 167 Å². The minimum Gasteiger partial charge on any atom is -0.496 e. The summed E-state index contributed by atoms with van der Waals surface area (Å²) in [6, 6.07) is 8.14.